The number of nitrogens with zero attached hydrogens (tertiary/aromatic N) is 1. The van der Waals surface area contributed by atoms with Crippen molar-refractivity contribution >= 4 is 45.2 Å². The normalized spacial score (nSPS) is 13.5. The lowest BCUT2D eigenvalue weighted by atomic mass is 10.1. The van der Waals surface area contributed by atoms with E-state index in [1.165, 1.54) is 17.3 Å². The van der Waals surface area contributed by atoms with Crippen LogP contribution in [0.1, 0.15) is 34.5 Å². The van der Waals surface area contributed by atoms with E-state index in [9.17, 15) is 9.59 Å². The minimum atomic E-state index is -0.149. The Morgan fingerprint density at radius 1 is 1.03 bits per heavy atom. The number of para-hydroxylation sites is 1. The highest BCUT2D eigenvalue weighted by Crippen LogP contribution is 2.30. The number of fused-ring (bicyclic) bond motifs is 1. The molecule has 0 aliphatic carbocycles. The second-order valence-electron chi connectivity index (χ2n) is 7.43. The molecule has 1 unspecified atom stereocenters. The van der Waals surface area contributed by atoms with Crippen molar-refractivity contribution in [2.24, 2.45) is 0 Å². The van der Waals surface area contributed by atoms with Crippen LogP contribution in [0.2, 0.25) is 0 Å². The van der Waals surface area contributed by atoms with Crippen molar-refractivity contribution in [3.05, 3.63) is 94.0 Å². The highest BCUT2D eigenvalue weighted by Gasteiger charge is 2.24. The van der Waals surface area contributed by atoms with Gasteiger partial charge in [-0.3, -0.25) is 9.59 Å². The van der Waals surface area contributed by atoms with Crippen molar-refractivity contribution in [1.82, 2.24) is 5.32 Å². The van der Waals surface area contributed by atoms with E-state index >= 15 is 0 Å². The highest BCUT2D eigenvalue weighted by atomic mass is 79.9. The summed E-state index contributed by atoms with van der Waals surface area (Å²) < 4.78 is 0.960. The second kappa shape index (κ2) is 9.71. The summed E-state index contributed by atoms with van der Waals surface area (Å²) in [5.74, 6) is 0.204. The Hall–Kier alpha value is -2.57. The molecule has 0 aromatic heterocycles. The first-order valence-corrected chi connectivity index (χ1v) is 12.0. The Kier molecular flexibility index (Phi) is 6.78. The Morgan fingerprint density at radius 2 is 1.74 bits per heavy atom. The Balaban J connectivity index is 1.43. The molecule has 0 bridgehead atoms. The molecular weight excluding hydrogens is 472 g/mol. The zero-order valence-corrected chi connectivity index (χ0v) is 19.6. The summed E-state index contributed by atoms with van der Waals surface area (Å²) in [6.07, 6.45) is 0.887. The van der Waals surface area contributed by atoms with Crippen LogP contribution in [0.15, 0.2) is 82.2 Å². The molecule has 1 heterocycles. The molecule has 158 valence electrons. The van der Waals surface area contributed by atoms with Crippen LogP contribution in [0.5, 0.6) is 0 Å². The van der Waals surface area contributed by atoms with Gasteiger partial charge in [-0.15, -0.1) is 11.8 Å². The first-order chi connectivity index (χ1) is 15.0. The standard InChI is InChI=1S/C25H23BrN2O2S/c1-17(19-9-3-5-11-21(19)26)27-25(30)20-10-4-7-13-23(20)31-16-24(29)28-15-14-18-8-2-6-12-22(18)28/h2-13,17H,14-16H2,1H3,(H,27,30). The maximum Gasteiger partial charge on any atom is 0.252 e. The van der Waals surface area contributed by atoms with Gasteiger partial charge in [0.05, 0.1) is 17.4 Å². The molecule has 0 fully saturated rings. The summed E-state index contributed by atoms with van der Waals surface area (Å²) in [5.41, 5.74) is 3.81. The fourth-order valence-electron chi connectivity index (χ4n) is 3.77. The summed E-state index contributed by atoms with van der Waals surface area (Å²) in [6, 6.07) is 23.2. The SMILES string of the molecule is CC(NC(=O)c1ccccc1SCC(=O)N1CCc2ccccc21)c1ccccc1Br. The van der Waals surface area contributed by atoms with Crippen LogP contribution >= 0.6 is 27.7 Å². The van der Waals surface area contributed by atoms with Crippen molar-refractivity contribution in [2.75, 3.05) is 17.2 Å². The first kappa shape index (κ1) is 21.7. The van der Waals surface area contributed by atoms with Crippen LogP contribution in [0.4, 0.5) is 5.69 Å². The van der Waals surface area contributed by atoms with Gasteiger partial charge in [-0.1, -0.05) is 64.5 Å². The van der Waals surface area contributed by atoms with Gasteiger partial charge in [-0.25, -0.2) is 0 Å². The molecule has 0 saturated heterocycles. The molecule has 1 aliphatic heterocycles. The van der Waals surface area contributed by atoms with E-state index in [2.05, 4.69) is 27.3 Å². The third kappa shape index (κ3) is 4.86. The summed E-state index contributed by atoms with van der Waals surface area (Å²) >= 11 is 4.95. The Labute approximate surface area is 195 Å². The lowest BCUT2D eigenvalue weighted by Gasteiger charge is -2.19. The number of benzene rings is 3. The average Bonchev–Trinajstić information content (AvgIpc) is 3.22. The maximum absolute atomic E-state index is 13.0. The third-order valence-electron chi connectivity index (χ3n) is 5.39. The minimum absolute atomic E-state index is 0.0618. The topological polar surface area (TPSA) is 49.4 Å². The van der Waals surface area contributed by atoms with E-state index in [1.807, 2.05) is 72.5 Å². The number of nitrogens with one attached hydrogen (secondary N) is 1. The molecule has 2 amide bonds. The van der Waals surface area contributed by atoms with Crippen LogP contribution < -0.4 is 10.2 Å². The maximum atomic E-state index is 13.0. The summed E-state index contributed by atoms with van der Waals surface area (Å²) in [4.78, 5) is 28.5. The average molecular weight is 495 g/mol. The molecule has 31 heavy (non-hydrogen) atoms. The predicted octanol–water partition coefficient (Wildman–Crippen LogP) is 5.62. The lowest BCUT2D eigenvalue weighted by Crippen LogP contribution is -2.30. The summed E-state index contributed by atoms with van der Waals surface area (Å²) in [6.45, 7) is 2.67. The third-order valence-corrected chi connectivity index (χ3v) is 7.17. The number of thioether (sulfide) groups is 1. The van der Waals surface area contributed by atoms with Gasteiger partial charge in [0.15, 0.2) is 0 Å². The van der Waals surface area contributed by atoms with Gasteiger partial charge in [0, 0.05) is 21.6 Å². The van der Waals surface area contributed by atoms with E-state index in [4.69, 9.17) is 0 Å². The van der Waals surface area contributed by atoms with Gasteiger partial charge >= 0.3 is 0 Å². The zero-order valence-electron chi connectivity index (χ0n) is 17.2. The van der Waals surface area contributed by atoms with E-state index < -0.39 is 0 Å². The van der Waals surface area contributed by atoms with Gasteiger partial charge in [-0.05, 0) is 48.7 Å². The van der Waals surface area contributed by atoms with Crippen LogP contribution in [0.25, 0.3) is 0 Å². The van der Waals surface area contributed by atoms with Gasteiger partial charge in [0.1, 0.15) is 0 Å². The van der Waals surface area contributed by atoms with E-state index in [1.54, 1.807) is 6.07 Å². The molecule has 0 spiro atoms. The lowest BCUT2D eigenvalue weighted by molar-refractivity contribution is -0.116. The number of halogens is 1. The van der Waals surface area contributed by atoms with Crippen molar-refractivity contribution in [3.8, 4) is 0 Å². The molecule has 1 aliphatic rings. The number of hydrogen-bond acceptors (Lipinski definition) is 3. The molecule has 6 heteroatoms. The van der Waals surface area contributed by atoms with Crippen LogP contribution in [0.3, 0.4) is 0 Å². The quantitative estimate of drug-likeness (QED) is 0.452. The predicted molar refractivity (Wildman–Crippen MR) is 130 cm³/mol. The minimum Gasteiger partial charge on any atom is -0.345 e. The molecule has 1 atom stereocenters. The smallest absolute Gasteiger partial charge is 0.252 e. The van der Waals surface area contributed by atoms with Gasteiger partial charge in [0.25, 0.3) is 5.91 Å². The molecule has 4 rings (SSSR count). The van der Waals surface area contributed by atoms with Gasteiger partial charge in [-0.2, -0.15) is 0 Å². The molecule has 0 radical (unpaired) electrons. The number of carbonyl (C=O) groups excluding carboxylic acids is 2. The van der Waals surface area contributed by atoms with Crippen molar-refractivity contribution in [3.63, 3.8) is 0 Å². The number of rotatable bonds is 6. The highest BCUT2D eigenvalue weighted by molar-refractivity contribution is 9.10. The fourth-order valence-corrected chi connectivity index (χ4v) is 5.33. The fraction of sp³-hybridized carbons (Fsp3) is 0.200. The molecule has 4 nitrogen and oxygen atoms in total. The van der Waals surface area contributed by atoms with Crippen LogP contribution in [0, 0.1) is 0 Å². The van der Waals surface area contributed by atoms with Crippen LogP contribution in [-0.4, -0.2) is 24.1 Å². The molecule has 0 saturated carbocycles. The van der Waals surface area contributed by atoms with Crippen molar-refractivity contribution < 1.29 is 9.59 Å². The first-order valence-electron chi connectivity index (χ1n) is 10.2. The van der Waals surface area contributed by atoms with Crippen LogP contribution in [-0.2, 0) is 11.2 Å². The number of carbonyl (C=O) groups is 2. The molecule has 3 aromatic rings. The molecule has 3 aromatic carbocycles. The van der Waals surface area contributed by atoms with E-state index in [0.717, 1.165) is 27.0 Å². The van der Waals surface area contributed by atoms with E-state index in [-0.39, 0.29) is 17.9 Å². The number of amides is 2. The van der Waals surface area contributed by atoms with E-state index in [0.29, 0.717) is 17.9 Å². The monoisotopic (exact) mass is 494 g/mol. The Bertz CT molecular complexity index is 1120. The van der Waals surface area contributed by atoms with Crippen molar-refractivity contribution in [1.29, 1.82) is 0 Å². The Morgan fingerprint density at radius 3 is 2.58 bits per heavy atom. The van der Waals surface area contributed by atoms with Gasteiger partial charge < -0.3 is 10.2 Å². The zero-order chi connectivity index (χ0) is 21.8. The van der Waals surface area contributed by atoms with Crippen molar-refractivity contribution in [2.45, 2.75) is 24.3 Å². The number of anilines is 1. The summed E-state index contributed by atoms with van der Waals surface area (Å²) in [5, 5.41) is 3.07. The summed E-state index contributed by atoms with van der Waals surface area (Å²) in [7, 11) is 0. The van der Waals surface area contributed by atoms with Gasteiger partial charge in [0.2, 0.25) is 5.91 Å². The largest absolute Gasteiger partial charge is 0.345 e. The number of hydrogen-bond donors (Lipinski definition) is 1. The molecule has 1 N–H and O–H groups in total. The second-order valence-corrected chi connectivity index (χ2v) is 9.30. The molecular formula is C25H23BrN2O2S.